The first kappa shape index (κ1) is 28.6. The Hall–Kier alpha value is -2.44. The zero-order valence-corrected chi connectivity index (χ0v) is 23.7. The molecular formula is C29H36ClN2O5P. The van der Waals surface area contributed by atoms with Crippen molar-refractivity contribution in [3.63, 3.8) is 0 Å². The van der Waals surface area contributed by atoms with Crippen LogP contribution in [0.25, 0.3) is 11.3 Å². The smallest absolute Gasteiger partial charge is 0.335 e. The molecule has 0 radical (unpaired) electrons. The van der Waals surface area contributed by atoms with Gasteiger partial charge in [-0.1, -0.05) is 55.1 Å². The van der Waals surface area contributed by atoms with Gasteiger partial charge in [0.05, 0.1) is 19.4 Å². The minimum absolute atomic E-state index is 0.121. The molecule has 1 aromatic heterocycles. The maximum atomic E-state index is 12.8. The van der Waals surface area contributed by atoms with Gasteiger partial charge in [0, 0.05) is 35.0 Å². The van der Waals surface area contributed by atoms with E-state index >= 15 is 0 Å². The van der Waals surface area contributed by atoms with Crippen LogP contribution in [0.5, 0.6) is 0 Å². The minimum atomic E-state index is -3.18. The second-order valence-corrected chi connectivity index (χ2v) is 12.0. The van der Waals surface area contributed by atoms with Crippen LogP contribution in [-0.2, 0) is 31.0 Å². The minimum Gasteiger partial charge on any atom is -0.445 e. The summed E-state index contributed by atoms with van der Waals surface area (Å²) >= 11 is 6.09. The molecule has 204 valence electrons. The fourth-order valence-electron chi connectivity index (χ4n) is 4.79. The number of hydrogen-bond acceptors (Lipinski definition) is 6. The number of benzene rings is 2. The van der Waals surface area contributed by atoms with Gasteiger partial charge >= 0.3 is 7.60 Å². The first-order chi connectivity index (χ1) is 18.4. The molecule has 4 rings (SSSR count). The van der Waals surface area contributed by atoms with E-state index in [1.54, 1.807) is 26.0 Å². The average molecular weight is 559 g/mol. The molecule has 3 aromatic rings. The zero-order valence-electron chi connectivity index (χ0n) is 22.1. The molecule has 1 fully saturated rings. The molecule has 1 aliphatic rings. The third-order valence-electron chi connectivity index (χ3n) is 6.63. The van der Waals surface area contributed by atoms with Gasteiger partial charge in [-0.05, 0) is 56.5 Å². The lowest BCUT2D eigenvalue weighted by molar-refractivity contribution is -0.116. The fraction of sp³-hybridized carbons (Fsp3) is 0.448. The summed E-state index contributed by atoms with van der Waals surface area (Å²) in [5, 5.41) is 3.60. The van der Waals surface area contributed by atoms with Crippen LogP contribution in [0.15, 0.2) is 52.9 Å². The fourth-order valence-corrected chi connectivity index (χ4v) is 6.61. The molecule has 2 aromatic carbocycles. The molecular weight excluding hydrogens is 523 g/mol. The lowest BCUT2D eigenvalue weighted by Crippen LogP contribution is -2.12. The van der Waals surface area contributed by atoms with Crippen LogP contribution in [0.4, 0.5) is 5.69 Å². The number of aryl methyl sites for hydroxylation is 1. The molecule has 0 bridgehead atoms. The topological polar surface area (TPSA) is 90.7 Å². The normalized spacial score (nSPS) is 14.5. The number of oxazole rings is 1. The van der Waals surface area contributed by atoms with E-state index in [2.05, 4.69) is 5.32 Å². The van der Waals surface area contributed by atoms with Crippen molar-refractivity contribution in [2.75, 3.05) is 18.5 Å². The maximum Gasteiger partial charge on any atom is 0.335 e. The van der Waals surface area contributed by atoms with Crippen molar-refractivity contribution in [3.05, 3.63) is 70.8 Å². The number of hydrogen-bond donors (Lipinski definition) is 1. The lowest BCUT2D eigenvalue weighted by Gasteiger charge is -2.17. The highest BCUT2D eigenvalue weighted by molar-refractivity contribution is 7.53. The van der Waals surface area contributed by atoms with Gasteiger partial charge in [-0.2, -0.15) is 0 Å². The molecule has 0 saturated heterocycles. The summed E-state index contributed by atoms with van der Waals surface area (Å²) < 4.78 is 29.8. The van der Waals surface area contributed by atoms with Crippen molar-refractivity contribution < 1.29 is 22.8 Å². The first-order valence-corrected chi connectivity index (χ1v) is 15.5. The quantitative estimate of drug-likeness (QED) is 0.224. The molecule has 0 unspecified atom stereocenters. The summed E-state index contributed by atoms with van der Waals surface area (Å²) in [6.07, 6.45) is 6.68. The van der Waals surface area contributed by atoms with Gasteiger partial charge < -0.3 is 18.8 Å². The van der Waals surface area contributed by atoms with Gasteiger partial charge in [-0.15, -0.1) is 0 Å². The molecule has 7 nitrogen and oxygen atoms in total. The van der Waals surface area contributed by atoms with E-state index in [9.17, 15) is 9.36 Å². The van der Waals surface area contributed by atoms with Crippen LogP contribution in [0, 0.1) is 0 Å². The number of anilines is 1. The Bertz CT molecular complexity index is 1230. The van der Waals surface area contributed by atoms with Crippen LogP contribution in [0.2, 0.25) is 5.02 Å². The molecule has 1 N–H and O–H groups in total. The van der Waals surface area contributed by atoms with Crippen molar-refractivity contribution in [1.29, 1.82) is 0 Å². The number of nitrogens with one attached hydrogen (secondary N) is 1. The highest BCUT2D eigenvalue weighted by atomic mass is 35.5. The van der Waals surface area contributed by atoms with Crippen molar-refractivity contribution >= 4 is 30.8 Å². The summed E-state index contributed by atoms with van der Waals surface area (Å²) in [5.74, 6) is 1.71. The van der Waals surface area contributed by atoms with Gasteiger partial charge in [0.15, 0.2) is 5.89 Å². The summed E-state index contributed by atoms with van der Waals surface area (Å²) in [7, 11) is -3.18. The van der Waals surface area contributed by atoms with E-state index in [0.29, 0.717) is 36.3 Å². The van der Waals surface area contributed by atoms with E-state index in [-0.39, 0.29) is 18.5 Å². The van der Waals surface area contributed by atoms with Crippen molar-refractivity contribution in [2.45, 2.75) is 70.9 Å². The predicted molar refractivity (Wildman–Crippen MR) is 151 cm³/mol. The number of aromatic nitrogens is 1. The number of nitrogens with zero attached hydrogens (tertiary/aromatic N) is 1. The lowest BCUT2D eigenvalue weighted by atomic mass is 9.89. The average Bonchev–Trinajstić information content (AvgIpc) is 3.34. The van der Waals surface area contributed by atoms with Crippen molar-refractivity contribution in [1.82, 2.24) is 4.98 Å². The summed E-state index contributed by atoms with van der Waals surface area (Å²) in [4.78, 5) is 17.7. The van der Waals surface area contributed by atoms with E-state index in [1.807, 2.05) is 36.4 Å². The van der Waals surface area contributed by atoms with Crippen LogP contribution in [-0.4, -0.2) is 24.1 Å². The molecule has 0 spiro atoms. The van der Waals surface area contributed by atoms with Crippen LogP contribution in [0.3, 0.4) is 0 Å². The Morgan fingerprint density at radius 1 is 1.03 bits per heavy atom. The Kier molecular flexibility index (Phi) is 10.2. The molecule has 1 heterocycles. The van der Waals surface area contributed by atoms with Crippen LogP contribution >= 0.6 is 19.2 Å². The summed E-state index contributed by atoms with van der Waals surface area (Å²) in [6.45, 7) is 4.22. The molecule has 0 atom stereocenters. The zero-order chi connectivity index (χ0) is 27.0. The van der Waals surface area contributed by atoms with Gasteiger partial charge in [0.25, 0.3) is 0 Å². The van der Waals surface area contributed by atoms with E-state index in [0.717, 1.165) is 41.3 Å². The highest BCUT2D eigenvalue weighted by Gasteiger charge is 2.25. The van der Waals surface area contributed by atoms with Crippen LogP contribution < -0.4 is 5.32 Å². The van der Waals surface area contributed by atoms with Gasteiger partial charge in [-0.25, -0.2) is 4.98 Å². The Morgan fingerprint density at radius 2 is 1.68 bits per heavy atom. The standard InChI is InChI=1S/C29H36ClN2O5P/c1-3-35-38(34,36-4-2)20-21-10-16-25(17-11-21)31-27(33)19-18-26-28(22-12-14-24(30)15-13-22)32-29(37-26)23-8-6-5-7-9-23/h10-17,23H,3-9,18-20H2,1-2H3,(H,31,33). The highest BCUT2D eigenvalue weighted by Crippen LogP contribution is 2.51. The molecule has 0 aliphatic heterocycles. The van der Waals surface area contributed by atoms with Crippen molar-refractivity contribution in [2.24, 2.45) is 0 Å². The summed E-state index contributed by atoms with van der Waals surface area (Å²) in [6, 6.07) is 14.8. The third-order valence-corrected chi connectivity index (χ3v) is 8.94. The van der Waals surface area contributed by atoms with Crippen molar-refractivity contribution in [3.8, 4) is 11.3 Å². The predicted octanol–water partition coefficient (Wildman–Crippen LogP) is 8.38. The monoisotopic (exact) mass is 558 g/mol. The Morgan fingerprint density at radius 3 is 2.32 bits per heavy atom. The van der Waals surface area contributed by atoms with Gasteiger partial charge in [0.2, 0.25) is 5.91 Å². The van der Waals surface area contributed by atoms with Crippen LogP contribution in [0.1, 0.15) is 75.5 Å². The maximum absolute atomic E-state index is 12.8. The second kappa shape index (κ2) is 13.6. The molecule has 1 saturated carbocycles. The third kappa shape index (κ3) is 7.79. The number of rotatable bonds is 12. The first-order valence-electron chi connectivity index (χ1n) is 13.4. The molecule has 38 heavy (non-hydrogen) atoms. The Labute approximate surface area is 229 Å². The molecule has 1 aliphatic carbocycles. The number of carbonyl (C=O) groups is 1. The molecule has 9 heteroatoms. The number of amides is 1. The van der Waals surface area contributed by atoms with E-state index in [4.69, 9.17) is 30.0 Å². The SMILES string of the molecule is CCOP(=O)(Cc1ccc(NC(=O)CCc2oc(C3CCCCC3)nc2-c2ccc(Cl)cc2)cc1)OCC. The number of halogens is 1. The van der Waals surface area contributed by atoms with Gasteiger partial charge in [0.1, 0.15) is 11.5 Å². The summed E-state index contributed by atoms with van der Waals surface area (Å²) in [5.41, 5.74) is 3.20. The largest absolute Gasteiger partial charge is 0.445 e. The van der Waals surface area contributed by atoms with E-state index < -0.39 is 7.60 Å². The number of carbonyl (C=O) groups excluding carboxylic acids is 1. The van der Waals surface area contributed by atoms with Gasteiger partial charge in [-0.3, -0.25) is 9.36 Å². The molecule has 1 amide bonds. The second-order valence-electron chi connectivity index (χ2n) is 9.52. The van der Waals surface area contributed by atoms with E-state index in [1.165, 1.54) is 19.3 Å². The Balaban J connectivity index is 1.40.